The number of hydrazine groups is 2. The molecule has 1 atom stereocenters. The lowest BCUT2D eigenvalue weighted by Gasteiger charge is -2.17. The number of imidazole rings is 1. The first-order valence-corrected chi connectivity index (χ1v) is 3.60. The lowest BCUT2D eigenvalue weighted by atomic mass is 10.2. The van der Waals surface area contributed by atoms with Gasteiger partial charge in [0.2, 0.25) is 0 Å². The Kier molecular flexibility index (Phi) is 2.96. The number of carboxylic acid groups (broad SMARTS) is 1. The zero-order valence-electron chi connectivity index (χ0n) is 6.84. The van der Waals surface area contributed by atoms with Gasteiger partial charge in [0.05, 0.1) is 6.33 Å². The summed E-state index contributed by atoms with van der Waals surface area (Å²) in [4.78, 5) is 17.1. The minimum absolute atomic E-state index is 0.197. The second-order valence-electron chi connectivity index (χ2n) is 2.58. The molecule has 13 heavy (non-hydrogen) atoms. The Hall–Kier alpha value is -1.44. The van der Waals surface area contributed by atoms with Crippen molar-refractivity contribution in [1.82, 2.24) is 15.1 Å². The largest absolute Gasteiger partial charge is 0.480 e. The average Bonchev–Trinajstić information content (AvgIpc) is 2.50. The summed E-state index contributed by atoms with van der Waals surface area (Å²) in [6, 6.07) is -0.944. The molecule has 0 amide bonds. The van der Waals surface area contributed by atoms with Crippen molar-refractivity contribution in [2.75, 3.05) is 0 Å². The molecule has 6 N–H and O–H groups in total. The molecule has 1 heterocycles. The maximum Gasteiger partial charge on any atom is 0.324 e. The lowest BCUT2D eigenvalue weighted by molar-refractivity contribution is -0.143. The summed E-state index contributed by atoms with van der Waals surface area (Å²) < 4.78 is 0. The van der Waals surface area contributed by atoms with Crippen LogP contribution in [0.25, 0.3) is 0 Å². The number of nitrogens with zero attached hydrogens (tertiary/aromatic N) is 2. The molecule has 0 saturated heterocycles. The molecule has 1 aromatic rings. The van der Waals surface area contributed by atoms with E-state index in [-0.39, 0.29) is 6.42 Å². The number of aliphatic carboxylic acids is 1. The molecule has 72 valence electrons. The van der Waals surface area contributed by atoms with Crippen molar-refractivity contribution < 1.29 is 9.90 Å². The molecular weight excluding hydrogens is 174 g/mol. The molecule has 0 saturated carbocycles. The summed E-state index contributed by atoms with van der Waals surface area (Å²) in [6.07, 6.45) is 3.19. The molecule has 0 aliphatic heterocycles. The van der Waals surface area contributed by atoms with Crippen LogP contribution in [0.5, 0.6) is 0 Å². The fourth-order valence-corrected chi connectivity index (χ4v) is 0.925. The fraction of sp³-hybridized carbons (Fsp3) is 0.333. The van der Waals surface area contributed by atoms with Crippen molar-refractivity contribution in [2.45, 2.75) is 12.5 Å². The van der Waals surface area contributed by atoms with Gasteiger partial charge < -0.3 is 10.1 Å². The number of rotatable bonds is 4. The highest BCUT2D eigenvalue weighted by atomic mass is 16.4. The number of H-pyrrole nitrogens is 1. The van der Waals surface area contributed by atoms with Crippen molar-refractivity contribution in [3.63, 3.8) is 0 Å². The minimum Gasteiger partial charge on any atom is -0.480 e. The third-order valence-electron chi connectivity index (χ3n) is 1.61. The molecular formula is C6H11N5O2. The van der Waals surface area contributed by atoms with E-state index in [2.05, 4.69) is 9.97 Å². The smallest absolute Gasteiger partial charge is 0.324 e. The third-order valence-corrected chi connectivity index (χ3v) is 1.61. The first-order chi connectivity index (χ1) is 6.11. The third kappa shape index (κ3) is 2.51. The number of carboxylic acids is 1. The Bertz CT molecular complexity index is 271. The van der Waals surface area contributed by atoms with Gasteiger partial charge >= 0.3 is 5.97 Å². The van der Waals surface area contributed by atoms with E-state index in [4.69, 9.17) is 16.8 Å². The maximum absolute atomic E-state index is 10.6. The normalized spacial score (nSPS) is 13.2. The second kappa shape index (κ2) is 3.99. The standard InChI is InChI=1S/C6H11N5O2/c7-11(8)5(6(12)13)1-4-2-9-3-10-4/h2-3,5H,1,7-8H2,(H,9,10)(H,12,13). The molecule has 0 bridgehead atoms. The van der Waals surface area contributed by atoms with Crippen LogP contribution >= 0.6 is 0 Å². The summed E-state index contributed by atoms with van der Waals surface area (Å²) in [6.45, 7) is 0. The van der Waals surface area contributed by atoms with Crippen LogP contribution in [-0.2, 0) is 11.2 Å². The Morgan fingerprint density at radius 2 is 2.46 bits per heavy atom. The van der Waals surface area contributed by atoms with Crippen molar-refractivity contribution >= 4 is 5.97 Å². The molecule has 1 rings (SSSR count). The molecule has 0 radical (unpaired) electrons. The van der Waals surface area contributed by atoms with Gasteiger partial charge in [0.15, 0.2) is 0 Å². The Morgan fingerprint density at radius 1 is 1.77 bits per heavy atom. The first kappa shape index (κ1) is 9.65. The summed E-state index contributed by atoms with van der Waals surface area (Å²) in [5.41, 5.74) is 0.674. The molecule has 1 unspecified atom stereocenters. The van der Waals surface area contributed by atoms with Gasteiger partial charge in [-0.3, -0.25) is 16.5 Å². The molecule has 0 aliphatic carbocycles. The van der Waals surface area contributed by atoms with Crippen LogP contribution in [0.3, 0.4) is 0 Å². The van der Waals surface area contributed by atoms with E-state index < -0.39 is 12.0 Å². The van der Waals surface area contributed by atoms with Gasteiger partial charge in [-0.05, 0) is 0 Å². The van der Waals surface area contributed by atoms with Crippen LogP contribution < -0.4 is 11.7 Å². The van der Waals surface area contributed by atoms with Gasteiger partial charge in [-0.2, -0.15) is 5.12 Å². The lowest BCUT2D eigenvalue weighted by Crippen LogP contribution is -2.51. The number of aromatic nitrogens is 2. The number of hydrogen-bond donors (Lipinski definition) is 4. The highest BCUT2D eigenvalue weighted by Gasteiger charge is 2.21. The van der Waals surface area contributed by atoms with E-state index in [0.717, 1.165) is 0 Å². The van der Waals surface area contributed by atoms with Crippen LogP contribution in [0.1, 0.15) is 5.69 Å². The maximum atomic E-state index is 10.6. The van der Waals surface area contributed by atoms with Crippen LogP contribution in [-0.4, -0.2) is 32.2 Å². The quantitative estimate of drug-likeness (QED) is 0.333. The van der Waals surface area contributed by atoms with Crippen molar-refractivity contribution in [3.8, 4) is 0 Å². The molecule has 0 aliphatic rings. The highest BCUT2D eigenvalue weighted by Crippen LogP contribution is 2.00. The van der Waals surface area contributed by atoms with Gasteiger partial charge in [0.25, 0.3) is 0 Å². The van der Waals surface area contributed by atoms with Gasteiger partial charge in [-0.25, -0.2) is 4.98 Å². The van der Waals surface area contributed by atoms with Crippen molar-refractivity contribution in [2.24, 2.45) is 11.7 Å². The van der Waals surface area contributed by atoms with E-state index in [0.29, 0.717) is 10.8 Å². The predicted molar refractivity (Wildman–Crippen MR) is 43.9 cm³/mol. The second-order valence-corrected chi connectivity index (χ2v) is 2.58. The Balaban J connectivity index is 2.63. The number of nitrogens with one attached hydrogen (secondary N) is 1. The van der Waals surface area contributed by atoms with Crippen LogP contribution in [0.2, 0.25) is 0 Å². The zero-order chi connectivity index (χ0) is 9.84. The summed E-state index contributed by atoms with van der Waals surface area (Å²) in [5, 5.41) is 9.38. The Morgan fingerprint density at radius 3 is 2.85 bits per heavy atom. The first-order valence-electron chi connectivity index (χ1n) is 3.60. The zero-order valence-corrected chi connectivity index (χ0v) is 6.84. The minimum atomic E-state index is -1.07. The van der Waals surface area contributed by atoms with Crippen LogP contribution in [0.15, 0.2) is 12.5 Å². The van der Waals surface area contributed by atoms with E-state index in [9.17, 15) is 4.79 Å². The summed E-state index contributed by atoms with van der Waals surface area (Å²) in [5.74, 6) is 9.23. The highest BCUT2D eigenvalue weighted by molar-refractivity contribution is 5.73. The number of hydrogen-bond acceptors (Lipinski definition) is 5. The van der Waals surface area contributed by atoms with Crippen LogP contribution in [0.4, 0.5) is 0 Å². The molecule has 7 heteroatoms. The van der Waals surface area contributed by atoms with E-state index in [1.807, 2.05) is 0 Å². The van der Waals surface area contributed by atoms with Gasteiger partial charge in [0.1, 0.15) is 6.04 Å². The predicted octanol–water partition coefficient (Wildman–Crippen LogP) is -1.55. The molecule has 0 spiro atoms. The van der Waals surface area contributed by atoms with E-state index in [1.165, 1.54) is 12.5 Å². The molecule has 0 fully saturated rings. The van der Waals surface area contributed by atoms with Crippen LogP contribution in [0, 0.1) is 0 Å². The van der Waals surface area contributed by atoms with Crippen molar-refractivity contribution in [1.29, 1.82) is 0 Å². The molecule has 1 aromatic heterocycles. The number of nitrogens with two attached hydrogens (primary N) is 2. The topological polar surface area (TPSA) is 121 Å². The SMILES string of the molecule is NN(N)C(Cc1cnc[nH]1)C(=O)O. The average molecular weight is 185 g/mol. The summed E-state index contributed by atoms with van der Waals surface area (Å²) >= 11 is 0. The van der Waals surface area contributed by atoms with Crippen molar-refractivity contribution in [3.05, 3.63) is 18.2 Å². The van der Waals surface area contributed by atoms with Gasteiger partial charge in [-0.1, -0.05) is 0 Å². The fourth-order valence-electron chi connectivity index (χ4n) is 0.925. The van der Waals surface area contributed by atoms with Gasteiger partial charge in [-0.15, -0.1) is 0 Å². The number of carbonyl (C=O) groups is 1. The number of aromatic amines is 1. The molecule has 7 nitrogen and oxygen atoms in total. The van der Waals surface area contributed by atoms with E-state index >= 15 is 0 Å². The van der Waals surface area contributed by atoms with E-state index in [1.54, 1.807) is 0 Å². The Labute approximate surface area is 74.3 Å². The monoisotopic (exact) mass is 185 g/mol. The molecule has 0 aromatic carbocycles. The summed E-state index contributed by atoms with van der Waals surface area (Å²) in [7, 11) is 0. The van der Waals surface area contributed by atoms with Gasteiger partial charge in [0, 0.05) is 18.3 Å².